The molecular weight excluding hydrogens is 494 g/mol. The largest absolute Gasteiger partial charge is 0.494 e. The van der Waals surface area contributed by atoms with E-state index in [0.717, 1.165) is 0 Å². The Hall–Kier alpha value is -3.41. The molecule has 4 rings (SSSR count). The zero-order chi connectivity index (χ0) is 24.8. The lowest BCUT2D eigenvalue weighted by molar-refractivity contribution is 0.305. The number of sulfonamides is 1. The Morgan fingerprint density at radius 2 is 1.77 bits per heavy atom. The molecule has 2 aromatic heterocycles. The molecule has 10 nitrogen and oxygen atoms in total. The maximum atomic E-state index is 12.8. The minimum Gasteiger partial charge on any atom is -0.494 e. The number of hydrogen-bond donors (Lipinski definition) is 1. The Labute approximate surface area is 207 Å². The van der Waals surface area contributed by atoms with Crippen LogP contribution in [0.4, 0.5) is 0 Å². The first-order valence-corrected chi connectivity index (χ1v) is 12.8. The van der Waals surface area contributed by atoms with Gasteiger partial charge < -0.3 is 14.2 Å². The Morgan fingerprint density at radius 1 is 0.971 bits per heavy atom. The minimum absolute atomic E-state index is 0.0143. The van der Waals surface area contributed by atoms with Gasteiger partial charge in [-0.25, -0.2) is 13.1 Å². The topological polar surface area (TPSA) is 117 Å². The molecule has 4 aromatic rings. The maximum Gasteiger partial charge on any atom is 0.244 e. The molecule has 0 bridgehead atoms. The second-order valence-electron chi connectivity index (χ2n) is 7.17. The average Bonchev–Trinajstić information content (AvgIpc) is 3.26. The Morgan fingerprint density at radius 3 is 2.54 bits per heavy atom. The van der Waals surface area contributed by atoms with Gasteiger partial charge in [0.05, 0.1) is 18.2 Å². The molecule has 2 aromatic carbocycles. The fourth-order valence-corrected chi connectivity index (χ4v) is 4.66. The molecule has 0 atom stereocenters. The summed E-state index contributed by atoms with van der Waals surface area (Å²) in [6, 6.07) is 15.2. The molecule has 0 aliphatic heterocycles. The third-order valence-corrected chi connectivity index (χ3v) is 6.64. The van der Waals surface area contributed by atoms with Crippen LogP contribution in [-0.4, -0.2) is 54.6 Å². The minimum atomic E-state index is -3.84. The van der Waals surface area contributed by atoms with E-state index < -0.39 is 10.0 Å². The maximum absolute atomic E-state index is 12.8. The fraction of sp³-hybridized carbons (Fsp3) is 0.261. The van der Waals surface area contributed by atoms with E-state index in [2.05, 4.69) is 20.0 Å². The van der Waals surface area contributed by atoms with Gasteiger partial charge in [0, 0.05) is 24.2 Å². The summed E-state index contributed by atoms with van der Waals surface area (Å²) in [6.07, 6.45) is 0. The summed E-state index contributed by atoms with van der Waals surface area (Å²) < 4.78 is 46.3. The molecule has 2 heterocycles. The summed E-state index contributed by atoms with van der Waals surface area (Å²) in [5.74, 6) is 1.50. The van der Waals surface area contributed by atoms with Crippen LogP contribution in [-0.2, 0) is 10.0 Å². The molecule has 0 saturated heterocycles. The van der Waals surface area contributed by atoms with Crippen molar-refractivity contribution in [1.29, 1.82) is 0 Å². The van der Waals surface area contributed by atoms with E-state index in [1.807, 2.05) is 25.1 Å². The average molecular weight is 518 g/mol. The van der Waals surface area contributed by atoms with Gasteiger partial charge in [0.15, 0.2) is 11.5 Å². The van der Waals surface area contributed by atoms with Gasteiger partial charge >= 0.3 is 0 Å². The third kappa shape index (κ3) is 5.64. The van der Waals surface area contributed by atoms with Crippen LogP contribution in [0.5, 0.6) is 17.4 Å². The van der Waals surface area contributed by atoms with Crippen molar-refractivity contribution >= 4 is 27.3 Å². The lowest BCUT2D eigenvalue weighted by Crippen LogP contribution is -2.28. The van der Waals surface area contributed by atoms with Crippen LogP contribution < -0.4 is 18.9 Å². The lowest BCUT2D eigenvalue weighted by atomic mass is 10.2. The summed E-state index contributed by atoms with van der Waals surface area (Å²) in [6.45, 7) is 4.46. The van der Waals surface area contributed by atoms with Crippen LogP contribution in [0.3, 0.4) is 0 Å². The standard InChI is InChI=1S/C23H24ClN5O5S/c1-3-32-16-9-10-20(19(15-16)33-4-2)35(30,31)25-13-14-34-22-12-11-21-26-27-23(29(21)28-22)17-7-5-6-8-18(17)24/h5-12,15,25H,3-4,13-14H2,1-2H3. The molecule has 184 valence electrons. The number of nitrogens with zero attached hydrogens (tertiary/aromatic N) is 4. The molecule has 0 aliphatic rings. The molecule has 0 saturated carbocycles. The first-order chi connectivity index (χ1) is 16.9. The highest BCUT2D eigenvalue weighted by Crippen LogP contribution is 2.29. The van der Waals surface area contributed by atoms with Crippen LogP contribution in [0.2, 0.25) is 5.02 Å². The molecule has 0 fully saturated rings. The quantitative estimate of drug-likeness (QED) is 0.300. The first-order valence-electron chi connectivity index (χ1n) is 10.9. The molecule has 0 spiro atoms. The van der Waals surface area contributed by atoms with Gasteiger partial charge in [-0.2, -0.15) is 4.52 Å². The number of aromatic nitrogens is 4. The van der Waals surface area contributed by atoms with Crippen LogP contribution in [0.15, 0.2) is 59.5 Å². The molecular formula is C23H24ClN5O5S. The van der Waals surface area contributed by atoms with E-state index >= 15 is 0 Å². The van der Waals surface area contributed by atoms with Crippen molar-refractivity contribution in [2.75, 3.05) is 26.4 Å². The van der Waals surface area contributed by atoms with Crippen molar-refractivity contribution in [3.8, 4) is 28.8 Å². The van der Waals surface area contributed by atoms with Crippen molar-refractivity contribution < 1.29 is 22.6 Å². The highest BCUT2D eigenvalue weighted by Gasteiger charge is 2.20. The lowest BCUT2D eigenvalue weighted by Gasteiger charge is -2.14. The van der Waals surface area contributed by atoms with Gasteiger partial charge in [0.1, 0.15) is 23.0 Å². The van der Waals surface area contributed by atoms with Gasteiger partial charge in [-0.1, -0.05) is 23.7 Å². The normalized spacial score (nSPS) is 11.5. The zero-order valence-corrected chi connectivity index (χ0v) is 20.7. The molecule has 35 heavy (non-hydrogen) atoms. The number of nitrogens with one attached hydrogen (secondary N) is 1. The third-order valence-electron chi connectivity index (χ3n) is 4.81. The summed E-state index contributed by atoms with van der Waals surface area (Å²) >= 11 is 6.29. The van der Waals surface area contributed by atoms with Crippen LogP contribution in [0, 0.1) is 0 Å². The number of rotatable bonds is 11. The molecule has 0 unspecified atom stereocenters. The van der Waals surface area contributed by atoms with Gasteiger partial charge in [-0.05, 0) is 44.2 Å². The van der Waals surface area contributed by atoms with E-state index in [1.54, 1.807) is 37.3 Å². The van der Waals surface area contributed by atoms with E-state index in [-0.39, 0.29) is 29.7 Å². The van der Waals surface area contributed by atoms with Crippen molar-refractivity contribution in [2.24, 2.45) is 0 Å². The van der Waals surface area contributed by atoms with E-state index in [0.29, 0.717) is 41.0 Å². The van der Waals surface area contributed by atoms with E-state index in [9.17, 15) is 8.42 Å². The number of fused-ring (bicyclic) bond motifs is 1. The Bertz CT molecular complexity index is 1430. The van der Waals surface area contributed by atoms with Crippen molar-refractivity contribution in [3.63, 3.8) is 0 Å². The number of ether oxygens (including phenoxy) is 3. The number of benzene rings is 2. The molecule has 0 aliphatic carbocycles. The van der Waals surface area contributed by atoms with Crippen molar-refractivity contribution in [3.05, 3.63) is 59.6 Å². The van der Waals surface area contributed by atoms with Crippen molar-refractivity contribution in [2.45, 2.75) is 18.7 Å². The fourth-order valence-electron chi connectivity index (χ4n) is 3.30. The smallest absolute Gasteiger partial charge is 0.244 e. The Kier molecular flexibility index (Phi) is 7.69. The highest BCUT2D eigenvalue weighted by atomic mass is 35.5. The number of halogens is 1. The second-order valence-corrected chi connectivity index (χ2v) is 9.31. The monoisotopic (exact) mass is 517 g/mol. The first kappa shape index (κ1) is 24.7. The van der Waals surface area contributed by atoms with Crippen molar-refractivity contribution in [1.82, 2.24) is 24.5 Å². The predicted octanol–water partition coefficient (Wildman–Crippen LogP) is 3.60. The molecule has 12 heteroatoms. The highest BCUT2D eigenvalue weighted by molar-refractivity contribution is 7.89. The Balaban J connectivity index is 1.44. The summed E-state index contributed by atoms with van der Waals surface area (Å²) in [4.78, 5) is 0.0243. The van der Waals surface area contributed by atoms with Crippen LogP contribution in [0.1, 0.15) is 13.8 Å². The number of hydrogen-bond acceptors (Lipinski definition) is 8. The van der Waals surface area contributed by atoms with E-state index in [4.69, 9.17) is 25.8 Å². The zero-order valence-electron chi connectivity index (χ0n) is 19.1. The SMILES string of the molecule is CCOc1ccc(S(=O)(=O)NCCOc2ccc3nnc(-c4ccccc4Cl)n3n2)c(OCC)c1. The molecule has 0 amide bonds. The summed E-state index contributed by atoms with van der Waals surface area (Å²) in [5, 5.41) is 13.2. The summed E-state index contributed by atoms with van der Waals surface area (Å²) in [7, 11) is -3.84. The second kappa shape index (κ2) is 10.9. The van der Waals surface area contributed by atoms with Crippen LogP contribution in [0.25, 0.3) is 17.0 Å². The van der Waals surface area contributed by atoms with E-state index in [1.165, 1.54) is 10.6 Å². The predicted molar refractivity (Wildman–Crippen MR) is 131 cm³/mol. The molecule has 1 N–H and O–H groups in total. The van der Waals surface area contributed by atoms with Gasteiger partial charge in [0.25, 0.3) is 0 Å². The van der Waals surface area contributed by atoms with Gasteiger partial charge in [0.2, 0.25) is 15.9 Å². The summed E-state index contributed by atoms with van der Waals surface area (Å²) in [5.41, 5.74) is 1.20. The van der Waals surface area contributed by atoms with Gasteiger partial charge in [-0.15, -0.1) is 15.3 Å². The van der Waals surface area contributed by atoms with Crippen LogP contribution >= 0.6 is 11.6 Å². The molecule has 0 radical (unpaired) electrons. The van der Waals surface area contributed by atoms with Gasteiger partial charge in [-0.3, -0.25) is 0 Å².